The van der Waals surface area contributed by atoms with Gasteiger partial charge in [-0.1, -0.05) is 12.8 Å². The van der Waals surface area contributed by atoms with Gasteiger partial charge in [0.1, 0.15) is 5.69 Å². The van der Waals surface area contributed by atoms with E-state index in [9.17, 15) is 4.79 Å². The minimum Gasteiger partial charge on any atom is -0.463 e. The molecule has 0 unspecified atom stereocenters. The van der Waals surface area contributed by atoms with Gasteiger partial charge in [-0.2, -0.15) is 5.10 Å². The molecule has 3 aromatic heterocycles. The van der Waals surface area contributed by atoms with E-state index in [1.807, 2.05) is 24.0 Å². The minimum atomic E-state index is 0.0343. The van der Waals surface area contributed by atoms with Gasteiger partial charge < -0.3 is 9.32 Å². The Labute approximate surface area is 175 Å². The van der Waals surface area contributed by atoms with E-state index < -0.39 is 0 Å². The molecule has 4 heterocycles. The molecule has 1 saturated heterocycles. The fourth-order valence-electron chi connectivity index (χ4n) is 4.56. The van der Waals surface area contributed by atoms with Gasteiger partial charge in [0, 0.05) is 38.4 Å². The number of aromatic nitrogens is 4. The van der Waals surface area contributed by atoms with Gasteiger partial charge in [0.25, 0.3) is 11.9 Å². The van der Waals surface area contributed by atoms with Crippen molar-refractivity contribution in [3.8, 4) is 17.4 Å². The number of hydrogen-bond donors (Lipinski definition) is 0. The topological polar surface area (TPSA) is 80.3 Å². The quantitative estimate of drug-likeness (QED) is 0.663. The molecule has 1 saturated carbocycles. The highest BCUT2D eigenvalue weighted by Crippen LogP contribution is 2.25. The molecule has 0 radical (unpaired) electrons. The van der Waals surface area contributed by atoms with Crippen LogP contribution in [0.4, 0.5) is 0 Å². The number of rotatable bonds is 4. The molecule has 1 aliphatic heterocycles. The molecule has 3 aromatic rings. The molecule has 8 nitrogen and oxygen atoms in total. The summed E-state index contributed by atoms with van der Waals surface area (Å²) in [6.07, 6.45) is 10.2. The van der Waals surface area contributed by atoms with E-state index in [2.05, 4.69) is 20.0 Å². The van der Waals surface area contributed by atoms with Crippen LogP contribution in [0.15, 0.2) is 41.3 Å². The Balaban J connectivity index is 1.31. The number of hydrogen-bond acceptors (Lipinski definition) is 6. The van der Waals surface area contributed by atoms with E-state index in [0.29, 0.717) is 29.0 Å². The third kappa shape index (κ3) is 3.52. The Morgan fingerprint density at radius 3 is 2.67 bits per heavy atom. The van der Waals surface area contributed by atoms with E-state index in [-0.39, 0.29) is 5.91 Å². The van der Waals surface area contributed by atoms with Crippen LogP contribution >= 0.6 is 0 Å². The number of carbonyl (C=O) groups is 1. The molecule has 0 atom stereocenters. The van der Waals surface area contributed by atoms with Crippen LogP contribution in [0.1, 0.15) is 41.7 Å². The van der Waals surface area contributed by atoms with Gasteiger partial charge in [0.15, 0.2) is 5.76 Å². The van der Waals surface area contributed by atoms with Crippen LogP contribution in [0.5, 0.6) is 0 Å². The molecule has 2 aliphatic rings. The Morgan fingerprint density at radius 1 is 1.13 bits per heavy atom. The molecule has 0 aromatic carbocycles. The lowest BCUT2D eigenvalue weighted by Gasteiger charge is -2.38. The molecule has 5 rings (SSSR count). The van der Waals surface area contributed by atoms with Crippen molar-refractivity contribution < 1.29 is 9.21 Å². The molecule has 2 fully saturated rings. The fourth-order valence-corrected chi connectivity index (χ4v) is 4.56. The normalized spacial score (nSPS) is 18.2. The summed E-state index contributed by atoms with van der Waals surface area (Å²) >= 11 is 0. The van der Waals surface area contributed by atoms with Crippen LogP contribution in [-0.2, 0) is 0 Å². The molecule has 8 heteroatoms. The van der Waals surface area contributed by atoms with E-state index >= 15 is 0 Å². The van der Waals surface area contributed by atoms with Crippen LogP contribution in [-0.4, -0.2) is 67.7 Å². The van der Waals surface area contributed by atoms with Crippen molar-refractivity contribution in [2.75, 3.05) is 26.2 Å². The molecule has 0 bridgehead atoms. The highest BCUT2D eigenvalue weighted by molar-refractivity contribution is 5.95. The second-order valence-electron chi connectivity index (χ2n) is 8.04. The predicted octanol–water partition coefficient (Wildman–Crippen LogP) is 2.93. The SMILES string of the molecule is Cc1c(C(=O)N2CCN(C3CCCC3)CC2)cnn1-c1nccc(-c2ccco2)n1. The summed E-state index contributed by atoms with van der Waals surface area (Å²) in [4.78, 5) is 26.5. The summed E-state index contributed by atoms with van der Waals surface area (Å²) in [6.45, 7) is 5.34. The lowest BCUT2D eigenvalue weighted by atomic mass is 10.1. The summed E-state index contributed by atoms with van der Waals surface area (Å²) in [6, 6.07) is 6.17. The zero-order valence-corrected chi connectivity index (χ0v) is 17.2. The molecule has 0 N–H and O–H groups in total. The molecule has 30 heavy (non-hydrogen) atoms. The van der Waals surface area contributed by atoms with Gasteiger partial charge in [-0.25, -0.2) is 14.6 Å². The van der Waals surface area contributed by atoms with Crippen molar-refractivity contribution in [3.63, 3.8) is 0 Å². The fraction of sp³-hybridized carbons (Fsp3) is 0.455. The van der Waals surface area contributed by atoms with Crippen molar-refractivity contribution in [2.45, 2.75) is 38.6 Å². The van der Waals surface area contributed by atoms with E-state index in [0.717, 1.165) is 31.9 Å². The van der Waals surface area contributed by atoms with Crippen LogP contribution in [0.2, 0.25) is 0 Å². The first kappa shape index (κ1) is 19.0. The smallest absolute Gasteiger partial charge is 0.257 e. The van der Waals surface area contributed by atoms with Gasteiger partial charge in [-0.15, -0.1) is 0 Å². The second-order valence-corrected chi connectivity index (χ2v) is 8.04. The Bertz CT molecular complexity index is 1010. The Kier molecular flexibility index (Phi) is 5.08. The molecule has 156 valence electrons. The van der Waals surface area contributed by atoms with Crippen LogP contribution in [0.3, 0.4) is 0 Å². The summed E-state index contributed by atoms with van der Waals surface area (Å²) in [5.74, 6) is 1.12. The maximum absolute atomic E-state index is 13.1. The zero-order chi connectivity index (χ0) is 20.5. The largest absolute Gasteiger partial charge is 0.463 e. The van der Waals surface area contributed by atoms with Crippen LogP contribution in [0.25, 0.3) is 17.4 Å². The van der Waals surface area contributed by atoms with E-state index in [1.165, 1.54) is 25.7 Å². The van der Waals surface area contributed by atoms with Gasteiger partial charge in [0.2, 0.25) is 0 Å². The van der Waals surface area contributed by atoms with Gasteiger partial charge in [0.05, 0.1) is 23.7 Å². The number of carbonyl (C=O) groups excluding carboxylic acids is 1. The van der Waals surface area contributed by atoms with Crippen molar-refractivity contribution in [3.05, 3.63) is 48.1 Å². The third-order valence-corrected chi connectivity index (χ3v) is 6.29. The van der Waals surface area contributed by atoms with Crippen molar-refractivity contribution >= 4 is 5.91 Å². The van der Waals surface area contributed by atoms with Gasteiger partial charge in [-0.05, 0) is 38.0 Å². The highest BCUT2D eigenvalue weighted by Gasteiger charge is 2.29. The van der Waals surface area contributed by atoms with Crippen LogP contribution in [0, 0.1) is 6.92 Å². The molecule has 0 spiro atoms. The number of piperazine rings is 1. The lowest BCUT2D eigenvalue weighted by Crippen LogP contribution is -2.51. The van der Waals surface area contributed by atoms with Crippen molar-refractivity contribution in [2.24, 2.45) is 0 Å². The van der Waals surface area contributed by atoms with Gasteiger partial charge in [-0.3, -0.25) is 9.69 Å². The maximum atomic E-state index is 13.1. The molecular weight excluding hydrogens is 380 g/mol. The average molecular weight is 406 g/mol. The number of nitrogens with zero attached hydrogens (tertiary/aromatic N) is 6. The summed E-state index contributed by atoms with van der Waals surface area (Å²) < 4.78 is 7.04. The number of amides is 1. The molecule has 1 aliphatic carbocycles. The summed E-state index contributed by atoms with van der Waals surface area (Å²) in [5.41, 5.74) is 2.03. The third-order valence-electron chi connectivity index (χ3n) is 6.29. The Hall–Kier alpha value is -3.00. The second kappa shape index (κ2) is 8.02. The highest BCUT2D eigenvalue weighted by atomic mass is 16.3. The van der Waals surface area contributed by atoms with E-state index in [4.69, 9.17) is 4.42 Å². The van der Waals surface area contributed by atoms with E-state index in [1.54, 1.807) is 29.4 Å². The average Bonchev–Trinajstić information content (AvgIpc) is 3.55. The van der Waals surface area contributed by atoms with Gasteiger partial charge >= 0.3 is 0 Å². The zero-order valence-electron chi connectivity index (χ0n) is 17.2. The summed E-state index contributed by atoms with van der Waals surface area (Å²) in [7, 11) is 0. The molecular formula is C22H26N6O2. The lowest BCUT2D eigenvalue weighted by molar-refractivity contribution is 0.0572. The van der Waals surface area contributed by atoms with Crippen molar-refractivity contribution in [1.82, 2.24) is 29.5 Å². The molecule has 1 amide bonds. The Morgan fingerprint density at radius 2 is 1.93 bits per heavy atom. The van der Waals surface area contributed by atoms with Crippen LogP contribution < -0.4 is 0 Å². The minimum absolute atomic E-state index is 0.0343. The summed E-state index contributed by atoms with van der Waals surface area (Å²) in [5, 5.41) is 4.41. The predicted molar refractivity (Wildman–Crippen MR) is 111 cm³/mol. The first-order chi connectivity index (χ1) is 14.7. The van der Waals surface area contributed by atoms with Crippen molar-refractivity contribution in [1.29, 1.82) is 0 Å². The standard InChI is InChI=1S/C22H26N6O2/c1-16-18(21(29)27-12-10-26(11-13-27)17-5-2-3-6-17)15-24-28(16)22-23-9-8-19(25-22)20-7-4-14-30-20/h4,7-9,14-15,17H,2-3,5-6,10-13H2,1H3. The first-order valence-corrected chi connectivity index (χ1v) is 10.7. The first-order valence-electron chi connectivity index (χ1n) is 10.7. The monoisotopic (exact) mass is 406 g/mol. The maximum Gasteiger partial charge on any atom is 0.257 e. The number of furan rings is 1.